The lowest BCUT2D eigenvalue weighted by Gasteiger charge is -2.11. The summed E-state index contributed by atoms with van der Waals surface area (Å²) in [6.07, 6.45) is 4.60. The third kappa shape index (κ3) is 2.14. The van der Waals surface area contributed by atoms with Crippen LogP contribution in [0.25, 0.3) is 0 Å². The molecule has 1 aliphatic rings. The quantitative estimate of drug-likeness (QED) is 0.821. The summed E-state index contributed by atoms with van der Waals surface area (Å²) in [6, 6.07) is 0.0723. The molecule has 1 aromatic rings. The summed E-state index contributed by atoms with van der Waals surface area (Å²) in [7, 11) is 0. The SMILES string of the molecule is CCC1CCc2[nH]c(C(N)CC(C)C)nc21. The highest BCUT2D eigenvalue weighted by atomic mass is 15.0. The average molecular weight is 221 g/mol. The zero-order chi connectivity index (χ0) is 11.7. The van der Waals surface area contributed by atoms with Crippen LogP contribution in [-0.4, -0.2) is 9.97 Å². The fraction of sp³-hybridized carbons (Fsp3) is 0.769. The van der Waals surface area contributed by atoms with Gasteiger partial charge in [0, 0.05) is 11.6 Å². The van der Waals surface area contributed by atoms with E-state index in [9.17, 15) is 0 Å². The fourth-order valence-electron chi connectivity index (χ4n) is 2.62. The highest BCUT2D eigenvalue weighted by molar-refractivity contribution is 5.25. The standard InChI is InChI=1S/C13H23N3/c1-4-9-5-6-11-12(9)16-13(15-11)10(14)7-8(2)3/h8-10H,4-7,14H2,1-3H3,(H,15,16). The molecule has 3 nitrogen and oxygen atoms in total. The van der Waals surface area contributed by atoms with Crippen LogP contribution < -0.4 is 5.73 Å². The second kappa shape index (κ2) is 4.58. The van der Waals surface area contributed by atoms with Gasteiger partial charge in [-0.2, -0.15) is 0 Å². The van der Waals surface area contributed by atoms with Crippen LogP contribution >= 0.6 is 0 Å². The lowest BCUT2D eigenvalue weighted by molar-refractivity contribution is 0.492. The van der Waals surface area contributed by atoms with Crippen molar-refractivity contribution in [2.75, 3.05) is 0 Å². The summed E-state index contributed by atoms with van der Waals surface area (Å²) in [5.41, 5.74) is 8.77. The first-order chi connectivity index (χ1) is 7.61. The van der Waals surface area contributed by atoms with E-state index < -0.39 is 0 Å². The van der Waals surface area contributed by atoms with E-state index in [0.29, 0.717) is 11.8 Å². The first-order valence-corrected chi connectivity index (χ1v) is 6.46. The summed E-state index contributed by atoms with van der Waals surface area (Å²) in [5, 5.41) is 0. The van der Waals surface area contributed by atoms with Gasteiger partial charge < -0.3 is 10.7 Å². The number of H-pyrrole nitrogens is 1. The van der Waals surface area contributed by atoms with Gasteiger partial charge in [0.25, 0.3) is 0 Å². The van der Waals surface area contributed by atoms with E-state index >= 15 is 0 Å². The van der Waals surface area contributed by atoms with E-state index in [4.69, 9.17) is 10.7 Å². The number of nitrogens with two attached hydrogens (primary N) is 1. The van der Waals surface area contributed by atoms with Crippen LogP contribution in [0.1, 0.15) is 69.2 Å². The summed E-state index contributed by atoms with van der Waals surface area (Å²) >= 11 is 0. The minimum Gasteiger partial charge on any atom is -0.344 e. The van der Waals surface area contributed by atoms with Crippen molar-refractivity contribution in [2.24, 2.45) is 11.7 Å². The van der Waals surface area contributed by atoms with E-state index in [0.717, 1.165) is 18.7 Å². The maximum atomic E-state index is 6.15. The normalized spacial score (nSPS) is 21.4. The molecule has 1 heterocycles. The van der Waals surface area contributed by atoms with Crippen LogP contribution in [0.3, 0.4) is 0 Å². The second-order valence-electron chi connectivity index (χ2n) is 5.37. The number of hydrogen-bond acceptors (Lipinski definition) is 2. The summed E-state index contributed by atoms with van der Waals surface area (Å²) < 4.78 is 0. The molecule has 0 aromatic carbocycles. The summed E-state index contributed by atoms with van der Waals surface area (Å²) in [5.74, 6) is 2.28. The van der Waals surface area contributed by atoms with Crippen molar-refractivity contribution in [3.8, 4) is 0 Å². The number of hydrogen-bond donors (Lipinski definition) is 2. The minimum absolute atomic E-state index is 0.0723. The molecule has 2 unspecified atom stereocenters. The number of rotatable bonds is 4. The molecule has 0 bridgehead atoms. The molecule has 3 N–H and O–H groups in total. The molecule has 2 atom stereocenters. The van der Waals surface area contributed by atoms with Crippen molar-refractivity contribution < 1.29 is 0 Å². The van der Waals surface area contributed by atoms with Gasteiger partial charge in [0.15, 0.2) is 0 Å². The topological polar surface area (TPSA) is 54.7 Å². The Morgan fingerprint density at radius 3 is 2.88 bits per heavy atom. The first-order valence-electron chi connectivity index (χ1n) is 6.46. The Hall–Kier alpha value is -0.830. The van der Waals surface area contributed by atoms with Gasteiger partial charge >= 0.3 is 0 Å². The Balaban J connectivity index is 2.13. The highest BCUT2D eigenvalue weighted by Crippen LogP contribution is 2.34. The Bertz CT molecular complexity index is 354. The van der Waals surface area contributed by atoms with Gasteiger partial charge in [-0.25, -0.2) is 4.98 Å². The van der Waals surface area contributed by atoms with E-state index in [-0.39, 0.29) is 6.04 Å². The summed E-state index contributed by atoms with van der Waals surface area (Å²) in [4.78, 5) is 8.14. The first kappa shape index (κ1) is 11.6. The van der Waals surface area contributed by atoms with Crippen LogP contribution in [-0.2, 0) is 6.42 Å². The molecular formula is C13H23N3. The maximum absolute atomic E-state index is 6.15. The van der Waals surface area contributed by atoms with Crippen LogP contribution in [0.4, 0.5) is 0 Å². The third-order valence-electron chi connectivity index (χ3n) is 3.53. The van der Waals surface area contributed by atoms with Gasteiger partial charge in [-0.15, -0.1) is 0 Å². The molecule has 0 saturated carbocycles. The van der Waals surface area contributed by atoms with Crippen molar-refractivity contribution in [3.05, 3.63) is 17.2 Å². The predicted molar refractivity (Wildman–Crippen MR) is 66.3 cm³/mol. The smallest absolute Gasteiger partial charge is 0.123 e. The molecule has 0 amide bonds. The van der Waals surface area contributed by atoms with Crippen molar-refractivity contribution >= 4 is 0 Å². The molecule has 90 valence electrons. The van der Waals surface area contributed by atoms with Crippen molar-refractivity contribution in [3.63, 3.8) is 0 Å². The molecule has 2 rings (SSSR count). The second-order valence-corrected chi connectivity index (χ2v) is 5.37. The number of nitrogens with zero attached hydrogens (tertiary/aromatic N) is 1. The van der Waals surface area contributed by atoms with Crippen LogP contribution in [0.15, 0.2) is 0 Å². The average Bonchev–Trinajstić information content (AvgIpc) is 2.74. The van der Waals surface area contributed by atoms with Crippen LogP contribution in [0, 0.1) is 5.92 Å². The molecular weight excluding hydrogens is 198 g/mol. The lowest BCUT2D eigenvalue weighted by atomic mass is 10.0. The molecule has 0 fully saturated rings. The van der Waals surface area contributed by atoms with Crippen molar-refractivity contribution in [1.82, 2.24) is 9.97 Å². The Morgan fingerprint density at radius 1 is 1.50 bits per heavy atom. The zero-order valence-corrected chi connectivity index (χ0v) is 10.6. The van der Waals surface area contributed by atoms with Gasteiger partial charge in [-0.1, -0.05) is 20.8 Å². The molecule has 0 saturated heterocycles. The largest absolute Gasteiger partial charge is 0.344 e. The molecule has 0 radical (unpaired) electrons. The van der Waals surface area contributed by atoms with E-state index in [2.05, 4.69) is 25.8 Å². The van der Waals surface area contributed by atoms with Crippen LogP contribution in [0.2, 0.25) is 0 Å². The van der Waals surface area contributed by atoms with Crippen molar-refractivity contribution in [1.29, 1.82) is 0 Å². The number of aromatic amines is 1. The van der Waals surface area contributed by atoms with E-state index in [1.807, 2.05) is 0 Å². The van der Waals surface area contributed by atoms with Gasteiger partial charge in [0.2, 0.25) is 0 Å². The van der Waals surface area contributed by atoms with Crippen LogP contribution in [0.5, 0.6) is 0 Å². The lowest BCUT2D eigenvalue weighted by Crippen LogP contribution is -2.15. The summed E-state index contributed by atoms with van der Waals surface area (Å²) in [6.45, 7) is 6.64. The van der Waals surface area contributed by atoms with E-state index in [1.165, 1.54) is 24.2 Å². The van der Waals surface area contributed by atoms with Gasteiger partial charge in [0.1, 0.15) is 5.82 Å². The molecule has 3 heteroatoms. The predicted octanol–water partition coefficient (Wildman–Crippen LogP) is 2.90. The Labute approximate surface area is 97.8 Å². The van der Waals surface area contributed by atoms with Crippen molar-refractivity contribution in [2.45, 2.75) is 58.4 Å². The van der Waals surface area contributed by atoms with Gasteiger partial charge in [-0.05, 0) is 31.6 Å². The highest BCUT2D eigenvalue weighted by Gasteiger charge is 2.26. The minimum atomic E-state index is 0.0723. The molecule has 0 spiro atoms. The fourth-order valence-corrected chi connectivity index (χ4v) is 2.62. The molecule has 1 aliphatic carbocycles. The molecule has 1 aromatic heterocycles. The van der Waals surface area contributed by atoms with Gasteiger partial charge in [0.05, 0.1) is 11.7 Å². The molecule has 16 heavy (non-hydrogen) atoms. The third-order valence-corrected chi connectivity index (χ3v) is 3.53. The van der Waals surface area contributed by atoms with Gasteiger partial charge in [-0.3, -0.25) is 0 Å². The Morgan fingerprint density at radius 2 is 2.25 bits per heavy atom. The zero-order valence-electron chi connectivity index (χ0n) is 10.6. The number of imidazole rings is 1. The maximum Gasteiger partial charge on any atom is 0.123 e. The Kier molecular flexibility index (Phi) is 3.33. The monoisotopic (exact) mass is 221 g/mol. The van der Waals surface area contributed by atoms with E-state index in [1.54, 1.807) is 0 Å². The number of nitrogens with one attached hydrogen (secondary N) is 1. The number of aryl methyl sites for hydroxylation is 1. The molecule has 0 aliphatic heterocycles. The number of fused-ring (bicyclic) bond motifs is 1. The number of aromatic nitrogens is 2.